The maximum absolute atomic E-state index is 2.39. The Bertz CT molecular complexity index is 134. The fourth-order valence-electron chi connectivity index (χ4n) is 2.77. The summed E-state index contributed by atoms with van der Waals surface area (Å²) in [5.41, 5.74) is 0. The van der Waals surface area contributed by atoms with Gasteiger partial charge in [0.15, 0.2) is 0 Å². The third kappa shape index (κ3) is 4.12. The second-order valence-electron chi connectivity index (χ2n) is 5.35. The molecule has 0 aromatic carbocycles. The lowest BCUT2D eigenvalue weighted by Crippen LogP contribution is -2.44. The zero-order chi connectivity index (χ0) is 9.73. The van der Waals surface area contributed by atoms with Crippen LogP contribution in [0.1, 0.15) is 45.4 Å². The quantitative estimate of drug-likeness (QED) is 0.589. The van der Waals surface area contributed by atoms with Crippen molar-refractivity contribution in [2.24, 2.45) is 5.92 Å². The van der Waals surface area contributed by atoms with Gasteiger partial charge in [-0.15, -0.1) is 0 Å². The van der Waals surface area contributed by atoms with E-state index >= 15 is 0 Å². The highest BCUT2D eigenvalue weighted by Crippen LogP contribution is 2.25. The number of hydrogen-bond donors (Lipinski definition) is 0. The molecule has 1 saturated carbocycles. The average molecular weight is 184 g/mol. The highest BCUT2D eigenvalue weighted by Gasteiger charge is 2.22. The summed E-state index contributed by atoms with van der Waals surface area (Å²) < 4.78 is 1.24. The average Bonchev–Trinajstić information content (AvgIpc) is 2.04. The third-order valence-electron chi connectivity index (χ3n) is 3.31. The minimum Gasteiger partial charge on any atom is -0.328 e. The lowest BCUT2D eigenvalue weighted by molar-refractivity contribution is -0.893. The van der Waals surface area contributed by atoms with Gasteiger partial charge in [-0.25, -0.2) is 0 Å². The number of quaternary nitrogens is 1. The highest BCUT2D eigenvalue weighted by atomic mass is 15.3. The van der Waals surface area contributed by atoms with Gasteiger partial charge in [-0.1, -0.05) is 26.2 Å². The summed E-state index contributed by atoms with van der Waals surface area (Å²) in [6.45, 7) is 5.05. The number of rotatable bonds is 4. The van der Waals surface area contributed by atoms with E-state index in [1.165, 1.54) is 56.1 Å². The fraction of sp³-hybridized carbons (Fsp3) is 1.00. The lowest BCUT2D eigenvalue weighted by atomic mass is 9.88. The molecule has 0 unspecified atom stereocenters. The molecule has 0 bridgehead atoms. The molecule has 0 aliphatic heterocycles. The smallest absolute Gasteiger partial charge is 0.0811 e. The van der Waals surface area contributed by atoms with Crippen molar-refractivity contribution >= 4 is 0 Å². The van der Waals surface area contributed by atoms with Crippen LogP contribution in [0.15, 0.2) is 0 Å². The van der Waals surface area contributed by atoms with Gasteiger partial charge < -0.3 is 4.48 Å². The Kier molecular flexibility index (Phi) is 4.24. The zero-order valence-corrected chi connectivity index (χ0v) is 9.68. The molecule has 0 aromatic heterocycles. The Morgan fingerprint density at radius 3 is 2.23 bits per heavy atom. The molecule has 0 atom stereocenters. The molecule has 13 heavy (non-hydrogen) atoms. The molecule has 1 fully saturated rings. The minimum absolute atomic E-state index is 1.02. The molecule has 78 valence electrons. The summed E-state index contributed by atoms with van der Waals surface area (Å²) in [5, 5.41) is 0. The van der Waals surface area contributed by atoms with Crippen molar-refractivity contribution in [3.05, 3.63) is 0 Å². The summed E-state index contributed by atoms with van der Waals surface area (Å²) in [4.78, 5) is 0. The van der Waals surface area contributed by atoms with E-state index in [4.69, 9.17) is 0 Å². The molecule has 1 aliphatic rings. The molecule has 0 spiro atoms. The van der Waals surface area contributed by atoms with Crippen molar-refractivity contribution in [1.82, 2.24) is 0 Å². The maximum atomic E-state index is 2.39. The van der Waals surface area contributed by atoms with Crippen LogP contribution in [0.2, 0.25) is 0 Å². The molecular formula is C12H26N+. The summed E-state index contributed by atoms with van der Waals surface area (Å²) >= 11 is 0. The zero-order valence-electron chi connectivity index (χ0n) is 9.68. The first-order valence-electron chi connectivity index (χ1n) is 5.96. The van der Waals surface area contributed by atoms with Crippen molar-refractivity contribution in [2.75, 3.05) is 27.2 Å². The topological polar surface area (TPSA) is 0 Å². The van der Waals surface area contributed by atoms with Crippen molar-refractivity contribution in [1.29, 1.82) is 0 Å². The van der Waals surface area contributed by atoms with E-state index in [1.807, 2.05) is 0 Å². The Morgan fingerprint density at radius 1 is 1.08 bits per heavy atom. The van der Waals surface area contributed by atoms with Gasteiger partial charge in [-0.05, 0) is 19.3 Å². The Hall–Kier alpha value is -0.0400. The molecule has 0 radical (unpaired) electrons. The molecule has 1 aliphatic carbocycles. The molecular weight excluding hydrogens is 158 g/mol. The first kappa shape index (κ1) is 11.0. The van der Waals surface area contributed by atoms with Gasteiger partial charge in [0.05, 0.1) is 27.2 Å². The third-order valence-corrected chi connectivity index (χ3v) is 3.31. The highest BCUT2D eigenvalue weighted by molar-refractivity contribution is 4.64. The SMILES string of the molecule is CCC[N+](C)(C)CC1CCCCC1. The molecule has 1 nitrogen and oxygen atoms in total. The maximum Gasteiger partial charge on any atom is 0.0811 e. The summed E-state index contributed by atoms with van der Waals surface area (Å²) in [5.74, 6) is 1.02. The van der Waals surface area contributed by atoms with Gasteiger partial charge in [0.1, 0.15) is 0 Å². The molecule has 0 N–H and O–H groups in total. The number of nitrogens with zero attached hydrogens (tertiary/aromatic N) is 1. The van der Waals surface area contributed by atoms with E-state index in [9.17, 15) is 0 Å². The van der Waals surface area contributed by atoms with Crippen LogP contribution in [0.25, 0.3) is 0 Å². The van der Waals surface area contributed by atoms with Crippen LogP contribution in [-0.4, -0.2) is 31.7 Å². The molecule has 1 rings (SSSR count). The van der Waals surface area contributed by atoms with Crippen molar-refractivity contribution in [2.45, 2.75) is 45.4 Å². The van der Waals surface area contributed by atoms with Crippen LogP contribution in [0.4, 0.5) is 0 Å². The van der Waals surface area contributed by atoms with Crippen molar-refractivity contribution in [3.63, 3.8) is 0 Å². The monoisotopic (exact) mass is 184 g/mol. The van der Waals surface area contributed by atoms with Gasteiger partial charge >= 0.3 is 0 Å². The van der Waals surface area contributed by atoms with Crippen molar-refractivity contribution < 1.29 is 4.48 Å². The van der Waals surface area contributed by atoms with E-state index in [0.717, 1.165) is 5.92 Å². The summed E-state index contributed by atoms with van der Waals surface area (Å²) in [6.07, 6.45) is 8.75. The van der Waals surface area contributed by atoms with Crippen LogP contribution in [-0.2, 0) is 0 Å². The first-order valence-corrected chi connectivity index (χ1v) is 5.96. The van der Waals surface area contributed by atoms with Crippen LogP contribution in [0.3, 0.4) is 0 Å². The largest absolute Gasteiger partial charge is 0.328 e. The van der Waals surface area contributed by atoms with Crippen LogP contribution in [0.5, 0.6) is 0 Å². The van der Waals surface area contributed by atoms with Crippen LogP contribution in [0, 0.1) is 5.92 Å². The fourth-order valence-corrected chi connectivity index (χ4v) is 2.77. The van der Waals surface area contributed by atoms with Gasteiger partial charge in [-0.2, -0.15) is 0 Å². The van der Waals surface area contributed by atoms with E-state index in [2.05, 4.69) is 21.0 Å². The standard InChI is InChI=1S/C12H26N/c1-4-10-13(2,3)11-12-8-6-5-7-9-12/h12H,4-11H2,1-3H3/q+1. The van der Waals surface area contributed by atoms with E-state index in [1.54, 1.807) is 0 Å². The number of hydrogen-bond acceptors (Lipinski definition) is 0. The Morgan fingerprint density at radius 2 is 1.69 bits per heavy atom. The molecule has 0 amide bonds. The van der Waals surface area contributed by atoms with Gasteiger partial charge in [-0.3, -0.25) is 0 Å². The van der Waals surface area contributed by atoms with Gasteiger partial charge in [0.2, 0.25) is 0 Å². The summed E-state index contributed by atoms with van der Waals surface area (Å²) in [6, 6.07) is 0. The van der Waals surface area contributed by atoms with Crippen LogP contribution >= 0.6 is 0 Å². The molecule has 1 heteroatoms. The van der Waals surface area contributed by atoms with Crippen molar-refractivity contribution in [3.8, 4) is 0 Å². The second-order valence-corrected chi connectivity index (χ2v) is 5.35. The Labute approximate surface area is 83.7 Å². The second kappa shape index (κ2) is 4.99. The molecule has 0 saturated heterocycles. The predicted molar refractivity (Wildman–Crippen MR) is 58.7 cm³/mol. The van der Waals surface area contributed by atoms with Gasteiger partial charge in [0.25, 0.3) is 0 Å². The molecule has 0 heterocycles. The minimum atomic E-state index is 1.02. The first-order chi connectivity index (χ1) is 6.14. The summed E-state index contributed by atoms with van der Waals surface area (Å²) in [7, 11) is 4.77. The van der Waals surface area contributed by atoms with Crippen LogP contribution < -0.4 is 0 Å². The normalized spacial score (nSPS) is 20.5. The van der Waals surface area contributed by atoms with Gasteiger partial charge in [0, 0.05) is 5.92 Å². The van der Waals surface area contributed by atoms with E-state index < -0.39 is 0 Å². The van der Waals surface area contributed by atoms with E-state index in [-0.39, 0.29) is 0 Å². The lowest BCUT2D eigenvalue weighted by Gasteiger charge is -2.34. The molecule has 0 aromatic rings. The predicted octanol–water partition coefficient (Wildman–Crippen LogP) is 3.05. The van der Waals surface area contributed by atoms with E-state index in [0.29, 0.717) is 0 Å². The Balaban J connectivity index is 2.28.